The Hall–Kier alpha value is -1.80. The maximum atomic E-state index is 6.08. The van der Waals surface area contributed by atoms with E-state index in [2.05, 4.69) is 50.2 Å². The Morgan fingerprint density at radius 3 is 2.50 bits per heavy atom. The van der Waals surface area contributed by atoms with Crippen molar-refractivity contribution >= 4 is 0 Å². The summed E-state index contributed by atoms with van der Waals surface area (Å²) in [6.07, 6.45) is 0.929. The van der Waals surface area contributed by atoms with Crippen LogP contribution in [0.25, 0.3) is 0 Å². The van der Waals surface area contributed by atoms with Crippen molar-refractivity contribution in [2.45, 2.75) is 25.7 Å². The summed E-state index contributed by atoms with van der Waals surface area (Å²) < 4.78 is 5.32. The van der Waals surface area contributed by atoms with E-state index in [1.807, 2.05) is 12.1 Å². The van der Waals surface area contributed by atoms with E-state index < -0.39 is 0 Å². The van der Waals surface area contributed by atoms with Crippen molar-refractivity contribution in [3.8, 4) is 5.75 Å². The first-order valence-electron chi connectivity index (χ1n) is 6.97. The molecule has 0 heterocycles. The van der Waals surface area contributed by atoms with Gasteiger partial charge in [-0.3, -0.25) is 0 Å². The Labute approximate surface area is 121 Å². The van der Waals surface area contributed by atoms with Gasteiger partial charge in [-0.15, -0.1) is 0 Å². The molecule has 0 aliphatic carbocycles. The molecular formula is C18H23NO. The zero-order valence-electron chi connectivity index (χ0n) is 12.5. The highest BCUT2D eigenvalue weighted by molar-refractivity contribution is 5.36. The molecule has 0 saturated carbocycles. The van der Waals surface area contributed by atoms with Crippen molar-refractivity contribution in [3.63, 3.8) is 0 Å². The van der Waals surface area contributed by atoms with E-state index >= 15 is 0 Å². The van der Waals surface area contributed by atoms with Gasteiger partial charge >= 0.3 is 0 Å². The highest BCUT2D eigenvalue weighted by Gasteiger charge is 2.25. The van der Waals surface area contributed by atoms with Gasteiger partial charge in [0.2, 0.25) is 0 Å². The van der Waals surface area contributed by atoms with Crippen LogP contribution in [0.15, 0.2) is 48.5 Å². The Morgan fingerprint density at radius 1 is 1.10 bits per heavy atom. The van der Waals surface area contributed by atoms with Crippen molar-refractivity contribution in [2.24, 2.45) is 5.73 Å². The zero-order valence-corrected chi connectivity index (χ0v) is 12.5. The number of benzene rings is 2. The largest absolute Gasteiger partial charge is 0.497 e. The lowest BCUT2D eigenvalue weighted by molar-refractivity contribution is 0.410. The highest BCUT2D eigenvalue weighted by Crippen LogP contribution is 2.29. The van der Waals surface area contributed by atoms with Gasteiger partial charge in [0.05, 0.1) is 7.11 Å². The maximum Gasteiger partial charge on any atom is 0.119 e. The van der Waals surface area contributed by atoms with Gasteiger partial charge in [0.1, 0.15) is 5.75 Å². The number of methoxy groups -OCH3 is 1. The third-order valence-corrected chi connectivity index (χ3v) is 3.89. The summed E-state index contributed by atoms with van der Waals surface area (Å²) in [7, 11) is 1.69. The predicted molar refractivity (Wildman–Crippen MR) is 84.3 cm³/mol. The summed E-state index contributed by atoms with van der Waals surface area (Å²) in [6, 6.07) is 16.8. The van der Waals surface area contributed by atoms with Crippen LogP contribution in [-0.2, 0) is 11.8 Å². The van der Waals surface area contributed by atoms with Crippen LogP contribution in [0.5, 0.6) is 5.75 Å². The third-order valence-electron chi connectivity index (χ3n) is 3.89. The van der Waals surface area contributed by atoms with Crippen LogP contribution in [0.4, 0.5) is 0 Å². The van der Waals surface area contributed by atoms with Gasteiger partial charge in [-0.25, -0.2) is 0 Å². The fourth-order valence-corrected chi connectivity index (χ4v) is 2.56. The average molecular weight is 269 g/mol. The van der Waals surface area contributed by atoms with Crippen molar-refractivity contribution in [1.82, 2.24) is 0 Å². The summed E-state index contributed by atoms with van der Waals surface area (Å²) in [5, 5.41) is 0. The topological polar surface area (TPSA) is 35.2 Å². The second-order valence-electron chi connectivity index (χ2n) is 5.66. The number of aryl methyl sites for hydroxylation is 1. The molecule has 0 aromatic heterocycles. The number of nitrogens with two attached hydrogens (primary N) is 1. The SMILES string of the molecule is COc1cccc(C(C)(CN)Cc2cccc(C)c2)c1. The molecule has 0 radical (unpaired) electrons. The Morgan fingerprint density at radius 2 is 1.85 bits per heavy atom. The van der Waals surface area contributed by atoms with E-state index in [9.17, 15) is 0 Å². The lowest BCUT2D eigenvalue weighted by Crippen LogP contribution is -2.34. The second kappa shape index (κ2) is 6.10. The predicted octanol–water partition coefficient (Wildman–Crippen LogP) is 3.46. The number of hydrogen-bond acceptors (Lipinski definition) is 2. The summed E-state index contributed by atoms with van der Waals surface area (Å²) in [4.78, 5) is 0. The van der Waals surface area contributed by atoms with E-state index in [-0.39, 0.29) is 5.41 Å². The molecule has 20 heavy (non-hydrogen) atoms. The van der Waals surface area contributed by atoms with Crippen LogP contribution >= 0.6 is 0 Å². The first kappa shape index (κ1) is 14.6. The monoisotopic (exact) mass is 269 g/mol. The summed E-state index contributed by atoms with van der Waals surface area (Å²) in [6.45, 7) is 4.94. The Balaban J connectivity index is 2.32. The average Bonchev–Trinajstić information content (AvgIpc) is 2.47. The Bertz CT molecular complexity index is 579. The molecule has 2 heteroatoms. The van der Waals surface area contributed by atoms with Crippen molar-refractivity contribution < 1.29 is 4.74 Å². The zero-order chi connectivity index (χ0) is 14.6. The molecule has 0 fully saturated rings. The van der Waals surface area contributed by atoms with Gasteiger partial charge in [-0.2, -0.15) is 0 Å². The van der Waals surface area contributed by atoms with Crippen molar-refractivity contribution in [3.05, 3.63) is 65.2 Å². The highest BCUT2D eigenvalue weighted by atomic mass is 16.5. The van der Waals surface area contributed by atoms with E-state index in [4.69, 9.17) is 10.5 Å². The molecule has 2 nitrogen and oxygen atoms in total. The molecule has 0 aliphatic rings. The fourth-order valence-electron chi connectivity index (χ4n) is 2.56. The standard InChI is InChI=1S/C18H23NO/c1-14-6-4-7-15(10-14)12-18(2,13-19)16-8-5-9-17(11-16)20-3/h4-11H,12-13,19H2,1-3H3. The smallest absolute Gasteiger partial charge is 0.119 e. The van der Waals surface area contributed by atoms with Gasteiger partial charge in [-0.05, 0) is 36.6 Å². The minimum Gasteiger partial charge on any atom is -0.497 e. The van der Waals surface area contributed by atoms with Gasteiger partial charge in [-0.1, -0.05) is 48.9 Å². The minimum atomic E-state index is -0.0810. The lowest BCUT2D eigenvalue weighted by Gasteiger charge is -2.29. The molecule has 0 amide bonds. The third kappa shape index (κ3) is 3.20. The first-order valence-corrected chi connectivity index (χ1v) is 6.97. The molecule has 2 aromatic rings. The fraction of sp³-hybridized carbons (Fsp3) is 0.333. The van der Waals surface area contributed by atoms with Crippen LogP contribution in [0.3, 0.4) is 0 Å². The molecule has 2 aromatic carbocycles. The maximum absolute atomic E-state index is 6.08. The van der Waals surface area contributed by atoms with Gasteiger partial charge in [0, 0.05) is 12.0 Å². The normalized spacial score (nSPS) is 13.8. The molecule has 2 rings (SSSR count). The van der Waals surface area contributed by atoms with E-state index in [0.717, 1.165) is 12.2 Å². The molecule has 0 bridgehead atoms. The number of ether oxygens (including phenoxy) is 1. The molecule has 106 valence electrons. The molecule has 0 aliphatic heterocycles. The van der Waals surface area contributed by atoms with Crippen LogP contribution in [0, 0.1) is 6.92 Å². The summed E-state index contributed by atoms with van der Waals surface area (Å²) in [5.41, 5.74) is 9.82. The molecular weight excluding hydrogens is 246 g/mol. The number of rotatable bonds is 5. The van der Waals surface area contributed by atoms with Crippen LogP contribution in [-0.4, -0.2) is 13.7 Å². The Kier molecular flexibility index (Phi) is 4.46. The molecule has 1 atom stereocenters. The minimum absolute atomic E-state index is 0.0810. The molecule has 2 N–H and O–H groups in total. The van der Waals surface area contributed by atoms with Gasteiger partial charge < -0.3 is 10.5 Å². The van der Waals surface area contributed by atoms with E-state index in [0.29, 0.717) is 6.54 Å². The van der Waals surface area contributed by atoms with Crippen LogP contribution < -0.4 is 10.5 Å². The van der Waals surface area contributed by atoms with E-state index in [1.54, 1.807) is 7.11 Å². The molecule has 0 spiro atoms. The van der Waals surface area contributed by atoms with Crippen molar-refractivity contribution in [1.29, 1.82) is 0 Å². The van der Waals surface area contributed by atoms with Crippen molar-refractivity contribution in [2.75, 3.05) is 13.7 Å². The number of hydrogen-bond donors (Lipinski definition) is 1. The van der Waals surface area contributed by atoms with Crippen LogP contribution in [0.1, 0.15) is 23.6 Å². The van der Waals surface area contributed by atoms with Gasteiger partial charge in [0.15, 0.2) is 0 Å². The van der Waals surface area contributed by atoms with E-state index in [1.165, 1.54) is 16.7 Å². The quantitative estimate of drug-likeness (QED) is 0.902. The van der Waals surface area contributed by atoms with Gasteiger partial charge in [0.25, 0.3) is 0 Å². The lowest BCUT2D eigenvalue weighted by atomic mass is 9.77. The summed E-state index contributed by atoms with van der Waals surface area (Å²) in [5.74, 6) is 0.881. The molecule has 0 saturated heterocycles. The summed E-state index contributed by atoms with van der Waals surface area (Å²) >= 11 is 0. The van der Waals surface area contributed by atoms with Crippen LogP contribution in [0.2, 0.25) is 0 Å². The first-order chi connectivity index (χ1) is 9.57. The second-order valence-corrected chi connectivity index (χ2v) is 5.66. The molecule has 1 unspecified atom stereocenters.